The molecule has 1 aromatic heterocycles. The number of carbonyl (C=O) groups is 1. The predicted molar refractivity (Wildman–Crippen MR) is 71.7 cm³/mol. The summed E-state index contributed by atoms with van der Waals surface area (Å²) >= 11 is 1.63. The van der Waals surface area contributed by atoms with Crippen LogP contribution in [0.5, 0.6) is 0 Å². The highest BCUT2D eigenvalue weighted by Gasteiger charge is 2.19. The average Bonchev–Trinajstić information content (AvgIpc) is 2.81. The van der Waals surface area contributed by atoms with Crippen LogP contribution in [0.1, 0.15) is 34.3 Å². The van der Waals surface area contributed by atoms with Gasteiger partial charge in [0, 0.05) is 24.0 Å². The summed E-state index contributed by atoms with van der Waals surface area (Å²) < 4.78 is 0. The second-order valence-electron chi connectivity index (χ2n) is 4.66. The Kier molecular flexibility index (Phi) is 4.31. The lowest BCUT2D eigenvalue weighted by Gasteiger charge is -2.29. The van der Waals surface area contributed by atoms with E-state index in [4.69, 9.17) is 5.73 Å². The molecule has 1 aliphatic heterocycles. The minimum Gasteiger partial charge on any atom is -0.328 e. The fourth-order valence-corrected chi connectivity index (χ4v) is 2.99. The number of rotatable bonds is 4. The second kappa shape index (κ2) is 5.76. The quantitative estimate of drug-likeness (QED) is 0.833. The van der Waals surface area contributed by atoms with Crippen LogP contribution in [0.15, 0.2) is 12.1 Å². The minimum absolute atomic E-state index is 0.255. The topological polar surface area (TPSA) is 46.3 Å². The van der Waals surface area contributed by atoms with Crippen LogP contribution in [0.4, 0.5) is 0 Å². The van der Waals surface area contributed by atoms with Gasteiger partial charge in [0.15, 0.2) is 5.78 Å². The van der Waals surface area contributed by atoms with E-state index in [0.717, 1.165) is 37.2 Å². The zero-order valence-electron chi connectivity index (χ0n) is 10.3. The van der Waals surface area contributed by atoms with Crippen molar-refractivity contribution in [3.05, 3.63) is 21.9 Å². The third-order valence-electron chi connectivity index (χ3n) is 3.28. The number of likely N-dealkylation sites (tertiary alicyclic amines) is 1. The van der Waals surface area contributed by atoms with E-state index in [-0.39, 0.29) is 5.78 Å². The number of hydrogen-bond acceptors (Lipinski definition) is 4. The number of piperidine rings is 1. The first-order chi connectivity index (χ1) is 8.19. The predicted octanol–water partition coefficient (Wildman–Crippen LogP) is 1.92. The number of thiophene rings is 1. The Bertz CT molecular complexity index is 381. The molecule has 0 radical (unpaired) electrons. The summed E-state index contributed by atoms with van der Waals surface area (Å²) in [4.78, 5) is 16.5. The van der Waals surface area contributed by atoms with Crippen molar-refractivity contribution in [1.29, 1.82) is 0 Å². The van der Waals surface area contributed by atoms with E-state index in [0.29, 0.717) is 12.6 Å². The Morgan fingerprint density at radius 1 is 1.47 bits per heavy atom. The van der Waals surface area contributed by atoms with Gasteiger partial charge in [-0.25, -0.2) is 0 Å². The fraction of sp³-hybridized carbons (Fsp3) is 0.615. The zero-order chi connectivity index (χ0) is 12.3. The standard InChI is InChI=1S/C13H20N2OS/c1-2-11-3-4-13(17-11)12(16)9-15-7-5-10(14)6-8-15/h3-4,10H,2,5-9,14H2,1H3. The fourth-order valence-electron chi connectivity index (χ4n) is 2.11. The molecule has 1 fully saturated rings. The van der Waals surface area contributed by atoms with Crippen LogP contribution in [-0.4, -0.2) is 36.4 Å². The van der Waals surface area contributed by atoms with Crippen LogP contribution in [0.25, 0.3) is 0 Å². The smallest absolute Gasteiger partial charge is 0.186 e. The van der Waals surface area contributed by atoms with Crippen LogP contribution >= 0.6 is 11.3 Å². The van der Waals surface area contributed by atoms with Gasteiger partial charge >= 0.3 is 0 Å². The van der Waals surface area contributed by atoms with Crippen molar-refractivity contribution in [2.45, 2.75) is 32.2 Å². The maximum absolute atomic E-state index is 12.1. The Balaban J connectivity index is 1.88. The summed E-state index contributed by atoms with van der Waals surface area (Å²) in [7, 11) is 0. The summed E-state index contributed by atoms with van der Waals surface area (Å²) in [5, 5.41) is 0. The van der Waals surface area contributed by atoms with E-state index in [9.17, 15) is 4.79 Å². The third kappa shape index (κ3) is 3.37. The molecule has 0 bridgehead atoms. The molecule has 0 amide bonds. The van der Waals surface area contributed by atoms with Crippen LogP contribution in [-0.2, 0) is 6.42 Å². The molecular formula is C13H20N2OS. The van der Waals surface area contributed by atoms with Crippen molar-refractivity contribution in [3.8, 4) is 0 Å². The Morgan fingerprint density at radius 3 is 2.76 bits per heavy atom. The number of hydrogen-bond donors (Lipinski definition) is 1. The van der Waals surface area contributed by atoms with E-state index >= 15 is 0 Å². The van der Waals surface area contributed by atoms with Crippen LogP contribution < -0.4 is 5.73 Å². The lowest BCUT2D eigenvalue weighted by Crippen LogP contribution is -2.41. The second-order valence-corrected chi connectivity index (χ2v) is 5.82. The summed E-state index contributed by atoms with van der Waals surface area (Å²) in [6, 6.07) is 4.35. The highest BCUT2D eigenvalue weighted by atomic mass is 32.1. The first kappa shape index (κ1) is 12.7. The molecule has 0 spiro atoms. The van der Waals surface area contributed by atoms with Crippen molar-refractivity contribution in [3.63, 3.8) is 0 Å². The van der Waals surface area contributed by atoms with Crippen LogP contribution in [0, 0.1) is 0 Å². The Morgan fingerprint density at radius 2 is 2.18 bits per heavy atom. The lowest BCUT2D eigenvalue weighted by molar-refractivity contribution is 0.0914. The maximum Gasteiger partial charge on any atom is 0.186 e. The van der Waals surface area contributed by atoms with Gasteiger partial charge in [0.25, 0.3) is 0 Å². The third-order valence-corrected chi connectivity index (χ3v) is 4.55. The molecule has 0 saturated carbocycles. The highest BCUT2D eigenvalue weighted by molar-refractivity contribution is 7.14. The number of nitrogens with zero attached hydrogens (tertiary/aromatic N) is 1. The molecule has 2 N–H and O–H groups in total. The number of Topliss-reactive ketones (excluding diaryl/α,β-unsaturated/α-hetero) is 1. The molecule has 2 heterocycles. The molecular weight excluding hydrogens is 232 g/mol. The number of nitrogens with two attached hydrogens (primary N) is 1. The van der Waals surface area contributed by atoms with E-state index in [1.165, 1.54) is 4.88 Å². The molecule has 1 saturated heterocycles. The molecule has 1 aliphatic rings. The Hall–Kier alpha value is -0.710. The van der Waals surface area contributed by atoms with Gasteiger partial charge in [0.05, 0.1) is 11.4 Å². The number of aryl methyl sites for hydroxylation is 1. The van der Waals surface area contributed by atoms with Gasteiger partial charge in [0.1, 0.15) is 0 Å². The summed E-state index contributed by atoms with van der Waals surface area (Å²) in [5.74, 6) is 0.255. The molecule has 0 atom stereocenters. The van der Waals surface area contributed by atoms with Gasteiger partial charge in [-0.1, -0.05) is 6.92 Å². The molecule has 0 unspecified atom stereocenters. The van der Waals surface area contributed by atoms with E-state index in [1.54, 1.807) is 11.3 Å². The zero-order valence-corrected chi connectivity index (χ0v) is 11.1. The van der Waals surface area contributed by atoms with Gasteiger partial charge in [-0.05, 0) is 31.4 Å². The molecule has 17 heavy (non-hydrogen) atoms. The van der Waals surface area contributed by atoms with Crippen molar-refractivity contribution in [2.75, 3.05) is 19.6 Å². The molecule has 0 aromatic carbocycles. The SMILES string of the molecule is CCc1ccc(C(=O)CN2CCC(N)CC2)s1. The summed E-state index contributed by atoms with van der Waals surface area (Å²) in [6.07, 6.45) is 3.03. The maximum atomic E-state index is 12.1. The van der Waals surface area contributed by atoms with Gasteiger partial charge in [-0.2, -0.15) is 0 Å². The Labute approximate surface area is 107 Å². The monoisotopic (exact) mass is 252 g/mol. The first-order valence-corrected chi connectivity index (χ1v) is 7.10. The highest BCUT2D eigenvalue weighted by Crippen LogP contribution is 2.18. The van der Waals surface area contributed by atoms with Crippen molar-refractivity contribution in [1.82, 2.24) is 4.90 Å². The molecule has 2 rings (SSSR count). The van der Waals surface area contributed by atoms with Crippen molar-refractivity contribution < 1.29 is 4.79 Å². The van der Waals surface area contributed by atoms with Gasteiger partial charge in [-0.15, -0.1) is 11.3 Å². The minimum atomic E-state index is 0.255. The van der Waals surface area contributed by atoms with E-state index in [2.05, 4.69) is 17.9 Å². The largest absolute Gasteiger partial charge is 0.328 e. The van der Waals surface area contributed by atoms with E-state index < -0.39 is 0 Å². The first-order valence-electron chi connectivity index (χ1n) is 6.29. The molecule has 0 aliphatic carbocycles. The van der Waals surface area contributed by atoms with Crippen LogP contribution in [0.3, 0.4) is 0 Å². The average molecular weight is 252 g/mol. The van der Waals surface area contributed by atoms with Crippen molar-refractivity contribution >= 4 is 17.1 Å². The summed E-state index contributed by atoms with van der Waals surface area (Å²) in [5.41, 5.74) is 5.85. The summed E-state index contributed by atoms with van der Waals surface area (Å²) in [6.45, 7) is 4.58. The van der Waals surface area contributed by atoms with E-state index in [1.807, 2.05) is 6.07 Å². The lowest BCUT2D eigenvalue weighted by atomic mass is 10.1. The normalized spacial score (nSPS) is 18.5. The molecule has 1 aromatic rings. The molecule has 3 nitrogen and oxygen atoms in total. The molecule has 94 valence electrons. The van der Waals surface area contributed by atoms with Crippen molar-refractivity contribution in [2.24, 2.45) is 5.73 Å². The number of carbonyl (C=O) groups excluding carboxylic acids is 1. The van der Waals surface area contributed by atoms with Gasteiger partial charge in [-0.3, -0.25) is 9.69 Å². The van der Waals surface area contributed by atoms with Gasteiger partial charge in [0.2, 0.25) is 0 Å². The molecule has 4 heteroatoms. The van der Waals surface area contributed by atoms with Crippen LogP contribution in [0.2, 0.25) is 0 Å². The van der Waals surface area contributed by atoms with Gasteiger partial charge < -0.3 is 5.73 Å². The number of ketones is 1.